The second kappa shape index (κ2) is 8.22. The average Bonchev–Trinajstić information content (AvgIpc) is 3.17. The van der Waals surface area contributed by atoms with Crippen molar-refractivity contribution in [2.75, 3.05) is 44.3 Å². The topological polar surface area (TPSA) is 78.7 Å². The van der Waals surface area contributed by atoms with E-state index in [0.717, 1.165) is 64.0 Å². The summed E-state index contributed by atoms with van der Waals surface area (Å²) in [5, 5.41) is 0. The highest BCUT2D eigenvalue weighted by Crippen LogP contribution is 2.31. The van der Waals surface area contributed by atoms with Crippen molar-refractivity contribution in [1.29, 1.82) is 0 Å². The zero-order valence-corrected chi connectivity index (χ0v) is 19.1. The summed E-state index contributed by atoms with van der Waals surface area (Å²) in [5.74, 6) is 0.736. The van der Waals surface area contributed by atoms with E-state index in [2.05, 4.69) is 36.9 Å². The molecule has 0 spiro atoms. The van der Waals surface area contributed by atoms with Gasteiger partial charge in [0.15, 0.2) is 11.2 Å². The van der Waals surface area contributed by atoms with Crippen LogP contribution in [0.15, 0.2) is 27.8 Å². The molecule has 9 nitrogen and oxygen atoms in total. The number of rotatable bonds is 4. The summed E-state index contributed by atoms with van der Waals surface area (Å²) in [4.78, 5) is 34.9. The van der Waals surface area contributed by atoms with Gasteiger partial charge in [0, 0.05) is 25.8 Å². The van der Waals surface area contributed by atoms with Gasteiger partial charge in [-0.25, -0.2) is 4.79 Å². The minimum atomic E-state index is -0.302. The first kappa shape index (κ1) is 21.0. The lowest BCUT2D eigenvalue weighted by molar-refractivity contribution is -0.908. The van der Waals surface area contributed by atoms with Gasteiger partial charge in [-0.15, -0.1) is 0 Å². The molecule has 3 aromatic rings. The number of hydrogen-bond donors (Lipinski definition) is 1. The lowest BCUT2D eigenvalue weighted by Gasteiger charge is -2.29. The molecule has 0 unspecified atom stereocenters. The summed E-state index contributed by atoms with van der Waals surface area (Å²) in [6.45, 7) is 10.1. The molecule has 0 bridgehead atoms. The highest BCUT2D eigenvalue weighted by Gasteiger charge is 2.27. The largest absolute Gasteiger partial charge is 0.370 e. The number of morpholine rings is 1. The number of aryl methyl sites for hydroxylation is 4. The summed E-state index contributed by atoms with van der Waals surface area (Å²) < 4.78 is 10.3. The number of quaternary nitrogens is 1. The Balaban J connectivity index is 1.59. The maximum atomic E-state index is 13.5. The highest BCUT2D eigenvalue weighted by molar-refractivity contribution is 5.77. The van der Waals surface area contributed by atoms with E-state index in [1.54, 1.807) is 7.05 Å². The first-order valence-electron chi connectivity index (χ1n) is 11.4. The summed E-state index contributed by atoms with van der Waals surface area (Å²) in [5.41, 5.74) is 3.89. The molecule has 0 saturated carbocycles. The van der Waals surface area contributed by atoms with Gasteiger partial charge >= 0.3 is 5.69 Å². The van der Waals surface area contributed by atoms with Crippen LogP contribution in [0, 0.1) is 13.8 Å². The Morgan fingerprint density at radius 2 is 1.78 bits per heavy atom. The van der Waals surface area contributed by atoms with Crippen LogP contribution in [-0.2, 0) is 24.9 Å². The van der Waals surface area contributed by atoms with E-state index in [1.165, 1.54) is 25.2 Å². The Labute approximate surface area is 186 Å². The molecule has 0 radical (unpaired) electrons. The van der Waals surface area contributed by atoms with Crippen LogP contribution in [-0.4, -0.2) is 58.1 Å². The van der Waals surface area contributed by atoms with Crippen molar-refractivity contribution in [1.82, 2.24) is 18.7 Å². The molecule has 170 valence electrons. The van der Waals surface area contributed by atoms with E-state index in [9.17, 15) is 9.59 Å². The van der Waals surface area contributed by atoms with Gasteiger partial charge in [0.25, 0.3) is 5.56 Å². The molecule has 1 aromatic carbocycles. The molecule has 9 heteroatoms. The van der Waals surface area contributed by atoms with Crippen LogP contribution in [0.3, 0.4) is 0 Å². The number of benzene rings is 1. The fourth-order valence-electron chi connectivity index (χ4n) is 4.99. The summed E-state index contributed by atoms with van der Waals surface area (Å²) in [6, 6.07) is 6.43. The van der Waals surface area contributed by atoms with Gasteiger partial charge in [-0.05, 0) is 43.5 Å². The minimum Gasteiger partial charge on any atom is -0.370 e. The normalized spacial score (nSPS) is 17.2. The number of imidazole rings is 1. The smallest absolute Gasteiger partial charge is 0.332 e. The minimum absolute atomic E-state index is 0.239. The van der Waals surface area contributed by atoms with Gasteiger partial charge in [-0.3, -0.25) is 13.9 Å². The number of ether oxygens (including phenoxy) is 1. The number of hydrogen-bond acceptors (Lipinski definition) is 5. The molecule has 1 fully saturated rings. The van der Waals surface area contributed by atoms with Crippen LogP contribution in [0.4, 0.5) is 11.6 Å². The van der Waals surface area contributed by atoms with Crippen LogP contribution >= 0.6 is 0 Å². The maximum absolute atomic E-state index is 13.5. The quantitative estimate of drug-likeness (QED) is 0.618. The lowest BCUT2D eigenvalue weighted by Crippen LogP contribution is -3.14. The zero-order valence-electron chi connectivity index (χ0n) is 19.1. The Hall–Kier alpha value is -2.91. The van der Waals surface area contributed by atoms with E-state index in [0.29, 0.717) is 17.7 Å². The molecule has 5 rings (SSSR count). The number of nitrogens with one attached hydrogen (secondary N) is 1. The van der Waals surface area contributed by atoms with Crippen molar-refractivity contribution in [3.63, 3.8) is 0 Å². The van der Waals surface area contributed by atoms with E-state index in [4.69, 9.17) is 9.72 Å². The van der Waals surface area contributed by atoms with Crippen LogP contribution in [0.25, 0.3) is 11.2 Å². The molecule has 2 aromatic heterocycles. The predicted molar refractivity (Wildman–Crippen MR) is 123 cm³/mol. The molecule has 0 amide bonds. The van der Waals surface area contributed by atoms with Gasteiger partial charge in [-0.1, -0.05) is 6.07 Å². The van der Waals surface area contributed by atoms with Crippen molar-refractivity contribution >= 4 is 22.8 Å². The van der Waals surface area contributed by atoms with Gasteiger partial charge in [0.1, 0.15) is 13.1 Å². The predicted octanol–water partition coefficient (Wildman–Crippen LogP) is -0.0296. The second-order valence-electron chi connectivity index (χ2n) is 9.00. The van der Waals surface area contributed by atoms with E-state index < -0.39 is 0 Å². The van der Waals surface area contributed by atoms with E-state index in [1.807, 2.05) is 4.57 Å². The van der Waals surface area contributed by atoms with Crippen molar-refractivity contribution in [3.8, 4) is 0 Å². The van der Waals surface area contributed by atoms with Gasteiger partial charge < -0.3 is 19.1 Å². The molecule has 1 N–H and O–H groups in total. The fraction of sp³-hybridized carbons (Fsp3) is 0.522. The number of fused-ring (bicyclic) bond motifs is 3. The Morgan fingerprint density at radius 1 is 1.06 bits per heavy atom. The van der Waals surface area contributed by atoms with Gasteiger partial charge in [0.05, 0.1) is 26.3 Å². The third-order valence-corrected chi connectivity index (χ3v) is 6.62. The Kier molecular flexibility index (Phi) is 5.38. The molecule has 0 atom stereocenters. The van der Waals surface area contributed by atoms with Crippen molar-refractivity contribution in [2.24, 2.45) is 7.05 Å². The molecule has 2 aliphatic rings. The van der Waals surface area contributed by atoms with Crippen molar-refractivity contribution in [3.05, 3.63) is 50.2 Å². The maximum Gasteiger partial charge on any atom is 0.332 e. The molecular formula is C23H31N6O3+. The van der Waals surface area contributed by atoms with Crippen LogP contribution in [0.1, 0.15) is 17.5 Å². The SMILES string of the molecule is Cc1cc(C)cc(N2CCCn3c2nc2c3c(=O)n(CC[NH+]3CCOCC3)c(=O)n2C)c1. The summed E-state index contributed by atoms with van der Waals surface area (Å²) >= 11 is 0. The van der Waals surface area contributed by atoms with E-state index in [-0.39, 0.29) is 11.2 Å². The van der Waals surface area contributed by atoms with Gasteiger partial charge in [0.2, 0.25) is 5.95 Å². The van der Waals surface area contributed by atoms with E-state index >= 15 is 0 Å². The number of anilines is 2. The third-order valence-electron chi connectivity index (χ3n) is 6.62. The average molecular weight is 440 g/mol. The second-order valence-corrected chi connectivity index (χ2v) is 9.00. The van der Waals surface area contributed by atoms with Crippen molar-refractivity contribution < 1.29 is 9.64 Å². The van der Waals surface area contributed by atoms with Crippen LogP contribution in [0.2, 0.25) is 0 Å². The molecule has 32 heavy (non-hydrogen) atoms. The molecular weight excluding hydrogens is 408 g/mol. The van der Waals surface area contributed by atoms with Gasteiger partial charge in [-0.2, -0.15) is 4.98 Å². The summed E-state index contributed by atoms with van der Waals surface area (Å²) in [6.07, 6.45) is 0.908. The third kappa shape index (κ3) is 3.55. The first-order chi connectivity index (χ1) is 15.4. The summed E-state index contributed by atoms with van der Waals surface area (Å²) in [7, 11) is 1.71. The lowest BCUT2D eigenvalue weighted by atomic mass is 10.1. The molecule has 0 aliphatic carbocycles. The highest BCUT2D eigenvalue weighted by atomic mass is 16.5. The zero-order chi connectivity index (χ0) is 22.4. The first-order valence-corrected chi connectivity index (χ1v) is 11.4. The van der Waals surface area contributed by atoms with Crippen molar-refractivity contribution in [2.45, 2.75) is 33.4 Å². The standard InChI is InChI=1S/C23H30N6O3/c1-16-13-17(2)15-18(14-16)27-5-4-6-28-19-20(24-22(27)28)25(3)23(31)29(21(19)30)8-7-26-9-11-32-12-10-26/h13-15H,4-12H2,1-3H3/p+1. The van der Waals surface area contributed by atoms with Crippen LogP contribution < -0.4 is 21.0 Å². The number of nitrogens with zero attached hydrogens (tertiary/aromatic N) is 5. The Morgan fingerprint density at radius 3 is 2.50 bits per heavy atom. The molecule has 1 saturated heterocycles. The van der Waals surface area contributed by atoms with Crippen LogP contribution in [0.5, 0.6) is 0 Å². The molecule has 4 heterocycles. The number of aromatic nitrogens is 4. The molecule has 2 aliphatic heterocycles. The fourth-order valence-corrected chi connectivity index (χ4v) is 4.99. The Bertz CT molecular complexity index is 1260. The monoisotopic (exact) mass is 439 g/mol.